The number of rotatable bonds is 7. The minimum absolute atomic E-state index is 0.221. The molecule has 1 aromatic heterocycles. The number of hydrogen-bond acceptors (Lipinski definition) is 8. The highest BCUT2D eigenvalue weighted by atomic mass is 32.2. The van der Waals surface area contributed by atoms with E-state index in [1.54, 1.807) is 36.7 Å². The van der Waals surface area contributed by atoms with Crippen LogP contribution in [0, 0.1) is 0 Å². The van der Waals surface area contributed by atoms with Gasteiger partial charge in [0.05, 0.1) is 5.69 Å². The Morgan fingerprint density at radius 1 is 1.23 bits per heavy atom. The Kier molecular flexibility index (Phi) is 7.40. The number of aromatic nitrogens is 2. The molecule has 1 unspecified atom stereocenters. The molecule has 2 aromatic rings. The summed E-state index contributed by atoms with van der Waals surface area (Å²) in [7, 11) is 0. The lowest BCUT2D eigenvalue weighted by Gasteiger charge is -2.33. The van der Waals surface area contributed by atoms with E-state index in [1.165, 1.54) is 18.7 Å². The summed E-state index contributed by atoms with van der Waals surface area (Å²) in [5.41, 5.74) is 0.933. The van der Waals surface area contributed by atoms with Crippen LogP contribution in [0.3, 0.4) is 0 Å². The number of hydrogen-bond donors (Lipinski definition) is 1. The largest absolute Gasteiger partial charge is 0.456 e. The molecule has 1 saturated heterocycles. The normalized spacial score (nSPS) is 16.1. The Morgan fingerprint density at radius 2 is 2.00 bits per heavy atom. The fourth-order valence-corrected chi connectivity index (χ4v) is 3.87. The van der Waals surface area contributed by atoms with E-state index in [0.717, 1.165) is 17.7 Å². The molecule has 0 bridgehead atoms. The van der Waals surface area contributed by atoms with Crippen LogP contribution in [0.2, 0.25) is 0 Å². The van der Waals surface area contributed by atoms with Crippen LogP contribution in [0.1, 0.15) is 36.5 Å². The third-order valence-electron chi connectivity index (χ3n) is 4.76. The molecule has 1 fully saturated rings. The number of anilines is 2. The number of Topliss-reactive ketones (excluding diaryl/α,β-unsaturated/α-hetero) is 1. The lowest BCUT2D eigenvalue weighted by atomic mass is 10.0. The molecule has 2 heterocycles. The molecule has 158 valence electrons. The summed E-state index contributed by atoms with van der Waals surface area (Å²) in [4.78, 5) is 47.8. The number of benzene rings is 1. The fourth-order valence-electron chi connectivity index (χ4n) is 3.34. The molecule has 8 nitrogen and oxygen atoms in total. The first-order valence-electron chi connectivity index (χ1n) is 9.68. The molecule has 1 amide bonds. The maximum atomic E-state index is 12.7. The van der Waals surface area contributed by atoms with E-state index in [-0.39, 0.29) is 18.3 Å². The molecule has 1 aromatic carbocycles. The number of carbonyl (C=O) groups is 3. The van der Waals surface area contributed by atoms with Crippen LogP contribution in [-0.4, -0.2) is 53.1 Å². The van der Waals surface area contributed by atoms with Gasteiger partial charge in [0.1, 0.15) is 6.04 Å². The van der Waals surface area contributed by atoms with Gasteiger partial charge in [0, 0.05) is 36.3 Å². The van der Waals surface area contributed by atoms with Crippen LogP contribution < -0.4 is 10.2 Å². The number of amides is 1. The van der Waals surface area contributed by atoms with Gasteiger partial charge in [0.15, 0.2) is 12.4 Å². The molecular weight excluding hydrogens is 404 g/mol. The standard InChI is InChI=1S/C21H24N4O4S/c1-14(26)24-16-12-15(7-8-19(16)30-2)18(27)13-29-20(28)17-6-3-4-11-25(17)21-22-9-5-10-23-21/h5,7-10,12,17H,3-4,6,11,13H2,1-2H3,(H,24,26). The Hall–Kier alpha value is -2.94. The van der Waals surface area contributed by atoms with E-state index in [4.69, 9.17) is 4.74 Å². The van der Waals surface area contributed by atoms with Crippen LogP contribution in [0.15, 0.2) is 41.6 Å². The first kappa shape index (κ1) is 21.8. The maximum absolute atomic E-state index is 12.7. The van der Waals surface area contributed by atoms with Gasteiger partial charge < -0.3 is 15.0 Å². The van der Waals surface area contributed by atoms with Crippen LogP contribution in [0.4, 0.5) is 11.6 Å². The Balaban J connectivity index is 1.66. The van der Waals surface area contributed by atoms with Crippen LogP contribution in [-0.2, 0) is 14.3 Å². The third-order valence-corrected chi connectivity index (χ3v) is 5.56. The van der Waals surface area contributed by atoms with Gasteiger partial charge in [-0.1, -0.05) is 6.07 Å². The molecule has 0 spiro atoms. The van der Waals surface area contributed by atoms with Gasteiger partial charge in [0.25, 0.3) is 0 Å². The molecular formula is C21H24N4O4S. The van der Waals surface area contributed by atoms with E-state index in [0.29, 0.717) is 30.2 Å². The van der Waals surface area contributed by atoms with E-state index in [2.05, 4.69) is 15.3 Å². The number of nitrogens with one attached hydrogen (secondary N) is 1. The summed E-state index contributed by atoms with van der Waals surface area (Å²) in [6, 6.07) is 6.24. The Bertz CT molecular complexity index is 922. The second-order valence-corrected chi connectivity index (χ2v) is 7.73. The number of ether oxygens (including phenoxy) is 1. The van der Waals surface area contributed by atoms with Crippen molar-refractivity contribution in [2.75, 3.05) is 29.6 Å². The SMILES string of the molecule is CSc1ccc(C(=O)COC(=O)C2CCCCN2c2ncccn2)cc1NC(C)=O. The summed E-state index contributed by atoms with van der Waals surface area (Å²) in [6.45, 7) is 1.71. The van der Waals surface area contributed by atoms with Crippen molar-refractivity contribution >= 4 is 41.1 Å². The van der Waals surface area contributed by atoms with Crippen LogP contribution in [0.5, 0.6) is 0 Å². The zero-order chi connectivity index (χ0) is 21.5. The smallest absolute Gasteiger partial charge is 0.329 e. The van der Waals surface area contributed by atoms with Crippen molar-refractivity contribution in [2.45, 2.75) is 37.1 Å². The van der Waals surface area contributed by atoms with Gasteiger partial charge in [0.2, 0.25) is 11.9 Å². The molecule has 30 heavy (non-hydrogen) atoms. The van der Waals surface area contributed by atoms with Crippen molar-refractivity contribution < 1.29 is 19.1 Å². The lowest BCUT2D eigenvalue weighted by Crippen LogP contribution is -2.46. The summed E-state index contributed by atoms with van der Waals surface area (Å²) in [5.74, 6) is -0.529. The lowest BCUT2D eigenvalue weighted by molar-refractivity contribution is -0.144. The third kappa shape index (κ3) is 5.35. The number of piperidine rings is 1. The average Bonchev–Trinajstić information content (AvgIpc) is 2.77. The minimum Gasteiger partial charge on any atom is -0.456 e. The van der Waals surface area contributed by atoms with Crippen molar-refractivity contribution in [3.8, 4) is 0 Å². The van der Waals surface area contributed by atoms with Crippen LogP contribution in [0.25, 0.3) is 0 Å². The molecule has 9 heteroatoms. The summed E-state index contributed by atoms with van der Waals surface area (Å²) in [5, 5.41) is 2.72. The second-order valence-electron chi connectivity index (χ2n) is 6.88. The molecule has 1 aliphatic rings. The second kappa shape index (κ2) is 10.2. The van der Waals surface area contributed by atoms with Gasteiger partial charge in [-0.25, -0.2) is 14.8 Å². The minimum atomic E-state index is -0.511. The summed E-state index contributed by atoms with van der Waals surface area (Å²) >= 11 is 1.46. The number of ketones is 1. The predicted molar refractivity (Wildman–Crippen MR) is 115 cm³/mol. The Labute approximate surface area is 179 Å². The van der Waals surface area contributed by atoms with Crippen molar-refractivity contribution in [2.24, 2.45) is 0 Å². The zero-order valence-corrected chi connectivity index (χ0v) is 17.8. The summed E-state index contributed by atoms with van der Waals surface area (Å²) < 4.78 is 5.35. The number of thioether (sulfide) groups is 1. The average molecular weight is 429 g/mol. The first-order chi connectivity index (χ1) is 14.5. The van der Waals surface area contributed by atoms with Gasteiger partial charge in [-0.2, -0.15) is 0 Å². The first-order valence-corrected chi connectivity index (χ1v) is 10.9. The predicted octanol–water partition coefficient (Wildman–Crippen LogP) is 2.94. The van der Waals surface area contributed by atoms with E-state index in [9.17, 15) is 14.4 Å². The number of carbonyl (C=O) groups excluding carboxylic acids is 3. The van der Waals surface area contributed by atoms with Gasteiger partial charge in [-0.15, -0.1) is 11.8 Å². The number of esters is 1. The van der Waals surface area contributed by atoms with Crippen molar-refractivity contribution in [1.29, 1.82) is 0 Å². The van der Waals surface area contributed by atoms with E-state index in [1.807, 2.05) is 11.2 Å². The Morgan fingerprint density at radius 3 is 2.70 bits per heavy atom. The molecule has 1 N–H and O–H groups in total. The van der Waals surface area contributed by atoms with Gasteiger partial charge in [-0.3, -0.25) is 9.59 Å². The summed E-state index contributed by atoms with van der Waals surface area (Å²) in [6.07, 6.45) is 7.61. The molecule has 0 aliphatic carbocycles. The maximum Gasteiger partial charge on any atom is 0.329 e. The van der Waals surface area contributed by atoms with Crippen molar-refractivity contribution in [1.82, 2.24) is 9.97 Å². The van der Waals surface area contributed by atoms with Gasteiger partial charge >= 0.3 is 5.97 Å². The molecule has 1 aliphatic heterocycles. The molecule has 1 atom stereocenters. The highest BCUT2D eigenvalue weighted by Gasteiger charge is 2.32. The number of nitrogens with zero attached hydrogens (tertiary/aromatic N) is 3. The van der Waals surface area contributed by atoms with Gasteiger partial charge in [-0.05, 0) is 43.7 Å². The van der Waals surface area contributed by atoms with E-state index < -0.39 is 12.0 Å². The van der Waals surface area contributed by atoms with Crippen molar-refractivity contribution in [3.63, 3.8) is 0 Å². The quantitative estimate of drug-likeness (QED) is 0.408. The monoisotopic (exact) mass is 428 g/mol. The highest BCUT2D eigenvalue weighted by Crippen LogP contribution is 2.27. The van der Waals surface area contributed by atoms with Crippen LogP contribution >= 0.6 is 11.8 Å². The molecule has 3 rings (SSSR count). The molecule has 0 saturated carbocycles. The zero-order valence-electron chi connectivity index (χ0n) is 17.0. The topological polar surface area (TPSA) is 101 Å². The van der Waals surface area contributed by atoms with E-state index >= 15 is 0 Å². The highest BCUT2D eigenvalue weighted by molar-refractivity contribution is 7.98. The molecule has 0 radical (unpaired) electrons. The fraction of sp³-hybridized carbons (Fsp3) is 0.381. The van der Waals surface area contributed by atoms with Crippen molar-refractivity contribution in [3.05, 3.63) is 42.2 Å².